The first-order valence-corrected chi connectivity index (χ1v) is 9.15. The predicted molar refractivity (Wildman–Crippen MR) is 98.6 cm³/mol. The fourth-order valence-corrected chi connectivity index (χ4v) is 3.10. The highest BCUT2D eigenvalue weighted by atomic mass is 19.4. The van der Waals surface area contributed by atoms with Gasteiger partial charge < -0.3 is 5.73 Å². The summed E-state index contributed by atoms with van der Waals surface area (Å²) in [5.74, 6) is -1.64. The van der Waals surface area contributed by atoms with Crippen molar-refractivity contribution in [1.29, 1.82) is 0 Å². The fourth-order valence-electron chi connectivity index (χ4n) is 3.10. The number of carbonyl (C=O) groups is 3. The molecule has 0 bridgehead atoms. The van der Waals surface area contributed by atoms with Crippen LogP contribution in [0.3, 0.4) is 0 Å². The van der Waals surface area contributed by atoms with Crippen molar-refractivity contribution in [3.05, 3.63) is 35.5 Å². The van der Waals surface area contributed by atoms with Gasteiger partial charge in [0.25, 0.3) is 5.91 Å². The molecule has 2 N–H and O–H groups in total. The first kappa shape index (κ1) is 20.5. The molecule has 0 atom stereocenters. The number of aromatic nitrogens is 4. The van der Waals surface area contributed by atoms with E-state index < -0.39 is 36.3 Å². The van der Waals surface area contributed by atoms with Gasteiger partial charge in [0.2, 0.25) is 5.91 Å². The second kappa shape index (κ2) is 7.18. The van der Waals surface area contributed by atoms with E-state index in [-0.39, 0.29) is 23.0 Å². The number of hydrogen-bond acceptors (Lipinski definition) is 6. The summed E-state index contributed by atoms with van der Waals surface area (Å²) < 4.78 is 40.8. The number of pyridine rings is 1. The third kappa shape index (κ3) is 3.98. The second-order valence-electron chi connectivity index (χ2n) is 7.20. The van der Waals surface area contributed by atoms with Crippen LogP contribution in [0.15, 0.2) is 24.2 Å². The average molecular weight is 435 g/mol. The number of alkyl halides is 3. The molecular formula is C18H16F3N7O3. The van der Waals surface area contributed by atoms with Gasteiger partial charge in [-0.2, -0.15) is 13.2 Å². The monoisotopic (exact) mass is 435 g/mol. The molecule has 0 unspecified atom stereocenters. The minimum absolute atomic E-state index is 0.0000626. The third-order valence-electron chi connectivity index (χ3n) is 4.81. The van der Waals surface area contributed by atoms with Gasteiger partial charge in [0.1, 0.15) is 24.3 Å². The molecule has 31 heavy (non-hydrogen) atoms. The average Bonchev–Trinajstić information content (AvgIpc) is 3.42. The van der Waals surface area contributed by atoms with E-state index in [0.717, 1.165) is 28.5 Å². The maximum atomic E-state index is 13.2. The first-order chi connectivity index (χ1) is 14.5. The number of amides is 4. The molecule has 10 nitrogen and oxygen atoms in total. The molecule has 0 radical (unpaired) electrons. The highest BCUT2D eigenvalue weighted by molar-refractivity contribution is 6.14. The van der Waals surface area contributed by atoms with Crippen LogP contribution in [0.1, 0.15) is 30.1 Å². The molecule has 1 saturated carbocycles. The smallest absolute Gasteiger partial charge is 0.368 e. The van der Waals surface area contributed by atoms with E-state index in [9.17, 15) is 27.6 Å². The minimum atomic E-state index is -4.62. The zero-order chi connectivity index (χ0) is 22.5. The molecule has 4 rings (SSSR count). The zero-order valence-corrected chi connectivity index (χ0v) is 16.1. The Morgan fingerprint density at radius 3 is 2.61 bits per heavy atom. The van der Waals surface area contributed by atoms with Crippen LogP contribution in [0.25, 0.3) is 17.6 Å². The molecule has 2 fully saturated rings. The highest BCUT2D eigenvalue weighted by Crippen LogP contribution is 2.41. The summed E-state index contributed by atoms with van der Waals surface area (Å²) in [7, 11) is 1.32. The van der Waals surface area contributed by atoms with Crippen molar-refractivity contribution in [2.24, 2.45) is 5.73 Å². The summed E-state index contributed by atoms with van der Waals surface area (Å²) in [5.41, 5.74) is 4.39. The topological polar surface area (TPSA) is 127 Å². The maximum Gasteiger partial charge on any atom is 0.433 e. The van der Waals surface area contributed by atoms with Gasteiger partial charge in [-0.05, 0) is 25.0 Å². The maximum absolute atomic E-state index is 13.2. The fraction of sp³-hybridized carbons (Fsp3) is 0.333. The third-order valence-corrected chi connectivity index (χ3v) is 4.81. The Kier molecular flexibility index (Phi) is 4.75. The van der Waals surface area contributed by atoms with Crippen molar-refractivity contribution in [3.63, 3.8) is 0 Å². The van der Waals surface area contributed by atoms with Gasteiger partial charge in [0.05, 0.1) is 6.20 Å². The van der Waals surface area contributed by atoms with E-state index in [1.54, 1.807) is 0 Å². The number of likely N-dealkylation sites (N-methyl/N-ethyl adjacent to an activating group) is 1. The zero-order valence-electron chi connectivity index (χ0n) is 16.1. The Bertz CT molecular complexity index is 1120. The second-order valence-corrected chi connectivity index (χ2v) is 7.20. The Labute approximate surface area is 173 Å². The Morgan fingerprint density at radius 2 is 2.00 bits per heavy atom. The predicted octanol–water partition coefficient (Wildman–Crippen LogP) is 1.41. The number of nitrogens with zero attached hydrogens (tertiary/aromatic N) is 6. The number of imide groups is 1. The standard InChI is InChI=1S/C18H16F3N7O3/c1-26-12(16(30)28(17(26)31)7-14(22)29)6-27-8-23-15(25-27)10-4-11(9-2-3-9)24-13(5-10)18(19,20)21/h4-6,8-9H,2-3,7H2,1H3,(H2,22,29)/b12-6-. The number of rotatable bonds is 5. The summed E-state index contributed by atoms with van der Waals surface area (Å²) in [5, 5.41) is 4.10. The molecule has 0 aromatic carbocycles. The van der Waals surface area contributed by atoms with Crippen LogP contribution in [0.4, 0.5) is 18.0 Å². The van der Waals surface area contributed by atoms with Crippen LogP contribution in [-0.4, -0.2) is 61.0 Å². The minimum Gasteiger partial charge on any atom is -0.368 e. The van der Waals surface area contributed by atoms with Gasteiger partial charge >= 0.3 is 12.2 Å². The van der Waals surface area contributed by atoms with Gasteiger partial charge in [-0.1, -0.05) is 0 Å². The number of nitrogens with two attached hydrogens (primary N) is 1. The number of hydrogen-bond donors (Lipinski definition) is 1. The summed E-state index contributed by atoms with van der Waals surface area (Å²) in [4.78, 5) is 45.0. The quantitative estimate of drug-likeness (QED) is 0.559. The summed E-state index contributed by atoms with van der Waals surface area (Å²) in [6.45, 7) is -0.580. The van der Waals surface area contributed by atoms with Gasteiger partial charge in [-0.15, -0.1) is 5.10 Å². The Balaban J connectivity index is 1.66. The van der Waals surface area contributed by atoms with E-state index in [0.29, 0.717) is 10.6 Å². The SMILES string of the molecule is CN1C(=O)N(CC(N)=O)C(=O)/C1=C/n1cnc(-c2cc(C3CC3)nc(C(F)(F)F)c2)n1. The van der Waals surface area contributed by atoms with E-state index in [1.165, 1.54) is 25.6 Å². The molecule has 1 aliphatic carbocycles. The van der Waals surface area contributed by atoms with Crippen molar-refractivity contribution >= 4 is 24.0 Å². The van der Waals surface area contributed by atoms with Crippen molar-refractivity contribution in [2.75, 3.05) is 13.6 Å². The highest BCUT2D eigenvalue weighted by Gasteiger charge is 2.40. The van der Waals surface area contributed by atoms with Gasteiger partial charge in [-0.25, -0.2) is 24.3 Å². The molecule has 0 spiro atoms. The number of halogens is 3. The molecule has 3 heterocycles. The molecule has 4 amide bonds. The van der Waals surface area contributed by atoms with Crippen LogP contribution in [-0.2, 0) is 15.8 Å². The molecule has 2 aliphatic rings. The summed E-state index contributed by atoms with van der Waals surface area (Å²) in [6, 6.07) is 1.64. The van der Waals surface area contributed by atoms with Crippen LogP contribution < -0.4 is 5.73 Å². The van der Waals surface area contributed by atoms with Crippen LogP contribution >= 0.6 is 0 Å². The molecule has 13 heteroatoms. The lowest BCUT2D eigenvalue weighted by Gasteiger charge is -2.10. The summed E-state index contributed by atoms with van der Waals surface area (Å²) >= 11 is 0. The van der Waals surface area contributed by atoms with Gasteiger partial charge in [0, 0.05) is 24.2 Å². The number of urea groups is 1. The normalized spacial score (nSPS) is 18.4. The van der Waals surface area contributed by atoms with Crippen LogP contribution in [0.2, 0.25) is 0 Å². The van der Waals surface area contributed by atoms with E-state index in [1.807, 2.05) is 0 Å². The van der Waals surface area contributed by atoms with Crippen molar-refractivity contribution in [2.45, 2.75) is 24.9 Å². The van der Waals surface area contributed by atoms with Gasteiger partial charge in [0.15, 0.2) is 5.82 Å². The van der Waals surface area contributed by atoms with E-state index in [2.05, 4.69) is 15.1 Å². The van der Waals surface area contributed by atoms with Crippen molar-refractivity contribution in [1.82, 2.24) is 29.5 Å². The molecular weight excluding hydrogens is 419 g/mol. The largest absolute Gasteiger partial charge is 0.433 e. The molecule has 1 saturated heterocycles. The summed E-state index contributed by atoms with van der Waals surface area (Å²) in [6.07, 6.45) is -0.702. The Hall–Kier alpha value is -3.77. The van der Waals surface area contributed by atoms with Crippen molar-refractivity contribution in [3.8, 4) is 11.4 Å². The Morgan fingerprint density at radius 1 is 1.29 bits per heavy atom. The lowest BCUT2D eigenvalue weighted by molar-refractivity contribution is -0.141. The van der Waals surface area contributed by atoms with Crippen LogP contribution in [0, 0.1) is 0 Å². The molecule has 1 aliphatic heterocycles. The van der Waals surface area contributed by atoms with Crippen LogP contribution in [0.5, 0.6) is 0 Å². The molecule has 2 aromatic heterocycles. The molecule has 2 aromatic rings. The lowest BCUT2D eigenvalue weighted by atomic mass is 10.1. The van der Waals surface area contributed by atoms with E-state index >= 15 is 0 Å². The van der Waals surface area contributed by atoms with Gasteiger partial charge in [-0.3, -0.25) is 14.5 Å². The number of primary amides is 1. The first-order valence-electron chi connectivity index (χ1n) is 9.15. The van der Waals surface area contributed by atoms with E-state index in [4.69, 9.17) is 5.73 Å². The van der Waals surface area contributed by atoms with Crippen molar-refractivity contribution < 1.29 is 27.6 Å². The number of carbonyl (C=O) groups excluding carboxylic acids is 3. The molecule has 162 valence electrons. The lowest BCUT2D eigenvalue weighted by Crippen LogP contribution is -2.38.